The fourth-order valence-electron chi connectivity index (χ4n) is 1.22. The molecule has 3 nitrogen and oxygen atoms in total. The molecule has 15 heavy (non-hydrogen) atoms. The largest absolute Gasteiger partial charge is 0.493 e. The Labute approximate surface area is 90.0 Å². The minimum Gasteiger partial charge on any atom is -0.493 e. The van der Waals surface area contributed by atoms with Gasteiger partial charge in [0.2, 0.25) is 0 Å². The highest BCUT2D eigenvalue weighted by Crippen LogP contribution is 2.21. The van der Waals surface area contributed by atoms with Crippen molar-refractivity contribution in [2.24, 2.45) is 0 Å². The van der Waals surface area contributed by atoms with Gasteiger partial charge in [-0.25, -0.2) is 4.79 Å². The zero-order valence-electron chi connectivity index (χ0n) is 9.08. The Kier molecular flexibility index (Phi) is 4.16. The molecule has 0 aliphatic carbocycles. The number of hydrogen-bond acceptors (Lipinski definition) is 3. The van der Waals surface area contributed by atoms with E-state index < -0.39 is 0 Å². The van der Waals surface area contributed by atoms with Gasteiger partial charge in [0, 0.05) is 0 Å². The van der Waals surface area contributed by atoms with Crippen molar-refractivity contribution in [2.75, 3.05) is 13.2 Å². The molecule has 0 heterocycles. The molecule has 1 rings (SSSR count). The van der Waals surface area contributed by atoms with E-state index in [1.54, 1.807) is 25.1 Å². The lowest BCUT2D eigenvalue weighted by molar-refractivity contribution is 0.0522. The zero-order valence-corrected chi connectivity index (χ0v) is 9.08. The summed E-state index contributed by atoms with van der Waals surface area (Å²) in [5.41, 5.74) is 1.26. The van der Waals surface area contributed by atoms with Gasteiger partial charge in [0.05, 0.1) is 13.2 Å². The Balaban J connectivity index is 2.99. The second kappa shape index (κ2) is 5.39. The molecule has 0 bridgehead atoms. The number of esters is 1. The smallest absolute Gasteiger partial charge is 0.341 e. The van der Waals surface area contributed by atoms with E-state index in [9.17, 15) is 4.79 Å². The monoisotopic (exact) mass is 207 g/mol. The van der Waals surface area contributed by atoms with Gasteiger partial charge >= 0.3 is 5.97 Å². The topological polar surface area (TPSA) is 35.5 Å². The summed E-state index contributed by atoms with van der Waals surface area (Å²) < 4.78 is 10.3. The summed E-state index contributed by atoms with van der Waals surface area (Å²) in [5, 5.41) is 0. The summed E-state index contributed by atoms with van der Waals surface area (Å²) in [6.07, 6.45) is 0. The molecule has 0 unspecified atom stereocenters. The molecule has 0 saturated heterocycles. The number of ether oxygens (including phenoxy) is 2. The number of rotatable bonds is 4. The molecule has 0 aromatic heterocycles. The Hall–Kier alpha value is -1.51. The van der Waals surface area contributed by atoms with Crippen molar-refractivity contribution in [3.05, 3.63) is 36.2 Å². The highest BCUT2D eigenvalue weighted by atomic mass is 16.5. The molecule has 0 fully saturated rings. The zero-order chi connectivity index (χ0) is 11.3. The third-order valence-corrected chi connectivity index (χ3v) is 1.84. The summed E-state index contributed by atoms with van der Waals surface area (Å²) in [5.74, 6) is 0.171. The molecule has 1 aromatic rings. The van der Waals surface area contributed by atoms with Crippen LogP contribution in [0.3, 0.4) is 0 Å². The van der Waals surface area contributed by atoms with Crippen molar-refractivity contribution in [1.82, 2.24) is 0 Å². The Morgan fingerprint density at radius 3 is 2.67 bits per heavy atom. The summed E-state index contributed by atoms with van der Waals surface area (Å²) in [6.45, 7) is 8.28. The normalized spacial score (nSPS) is 9.80. The van der Waals surface area contributed by atoms with Gasteiger partial charge < -0.3 is 9.47 Å². The van der Waals surface area contributed by atoms with Crippen LogP contribution >= 0.6 is 0 Å². The Bertz CT molecular complexity index is 345. The van der Waals surface area contributed by atoms with E-state index in [4.69, 9.17) is 9.47 Å². The SMILES string of the molecule is [CH2]c1ccc(C(=O)OCC)c(OCC)c1. The summed E-state index contributed by atoms with van der Waals surface area (Å²) in [7, 11) is 0. The number of carbonyl (C=O) groups is 1. The first-order valence-corrected chi connectivity index (χ1v) is 4.95. The van der Waals surface area contributed by atoms with Crippen LogP contribution in [0.15, 0.2) is 18.2 Å². The second-order valence-electron chi connectivity index (χ2n) is 2.98. The highest BCUT2D eigenvalue weighted by Gasteiger charge is 2.13. The third kappa shape index (κ3) is 2.98. The third-order valence-electron chi connectivity index (χ3n) is 1.84. The van der Waals surface area contributed by atoms with E-state index in [2.05, 4.69) is 6.92 Å². The van der Waals surface area contributed by atoms with E-state index in [0.717, 1.165) is 5.56 Å². The Morgan fingerprint density at radius 1 is 1.33 bits per heavy atom. The summed E-state index contributed by atoms with van der Waals surface area (Å²) in [6, 6.07) is 5.16. The average molecular weight is 207 g/mol. The van der Waals surface area contributed by atoms with Gasteiger partial charge in [-0.1, -0.05) is 6.07 Å². The van der Waals surface area contributed by atoms with Gasteiger partial charge in [0.1, 0.15) is 11.3 Å². The second-order valence-corrected chi connectivity index (χ2v) is 2.98. The minimum absolute atomic E-state index is 0.358. The highest BCUT2D eigenvalue weighted by molar-refractivity contribution is 5.92. The van der Waals surface area contributed by atoms with Crippen molar-refractivity contribution in [3.8, 4) is 5.75 Å². The van der Waals surface area contributed by atoms with E-state index in [0.29, 0.717) is 24.5 Å². The van der Waals surface area contributed by atoms with E-state index in [1.165, 1.54) is 0 Å². The van der Waals surface area contributed by atoms with Crippen LogP contribution < -0.4 is 4.74 Å². The molecule has 3 heteroatoms. The molecule has 81 valence electrons. The minimum atomic E-state index is -0.360. The van der Waals surface area contributed by atoms with Gasteiger partial charge in [-0.15, -0.1) is 0 Å². The Morgan fingerprint density at radius 2 is 2.07 bits per heavy atom. The van der Waals surface area contributed by atoms with E-state index >= 15 is 0 Å². The molecule has 1 aromatic carbocycles. The van der Waals surface area contributed by atoms with Crippen molar-refractivity contribution >= 4 is 5.97 Å². The number of hydrogen-bond donors (Lipinski definition) is 0. The summed E-state index contributed by atoms with van der Waals surface area (Å²) >= 11 is 0. The van der Waals surface area contributed by atoms with Gasteiger partial charge in [-0.05, 0) is 38.5 Å². The van der Waals surface area contributed by atoms with Crippen molar-refractivity contribution in [1.29, 1.82) is 0 Å². The van der Waals surface area contributed by atoms with Crippen LogP contribution in [0.1, 0.15) is 29.8 Å². The molecule has 1 radical (unpaired) electrons. The maximum absolute atomic E-state index is 11.5. The van der Waals surface area contributed by atoms with Crippen LogP contribution in [-0.4, -0.2) is 19.2 Å². The molecular formula is C12H15O3. The van der Waals surface area contributed by atoms with Gasteiger partial charge in [-0.3, -0.25) is 0 Å². The van der Waals surface area contributed by atoms with Crippen LogP contribution in [0.5, 0.6) is 5.75 Å². The standard InChI is InChI=1S/C12H15O3/c1-4-14-11-8-9(3)6-7-10(11)12(13)15-5-2/h6-8H,3-5H2,1-2H3. The first-order chi connectivity index (χ1) is 7.19. The predicted octanol–water partition coefficient (Wildman–Crippen LogP) is 2.44. The number of carbonyl (C=O) groups excluding carboxylic acids is 1. The maximum Gasteiger partial charge on any atom is 0.341 e. The predicted molar refractivity (Wildman–Crippen MR) is 58.0 cm³/mol. The van der Waals surface area contributed by atoms with Crippen molar-refractivity contribution < 1.29 is 14.3 Å². The van der Waals surface area contributed by atoms with Crippen LogP contribution in [0.2, 0.25) is 0 Å². The van der Waals surface area contributed by atoms with Crippen LogP contribution in [-0.2, 0) is 4.74 Å². The van der Waals surface area contributed by atoms with E-state index in [1.807, 2.05) is 6.92 Å². The fourth-order valence-corrected chi connectivity index (χ4v) is 1.22. The lowest BCUT2D eigenvalue weighted by Gasteiger charge is -2.09. The average Bonchev–Trinajstić information content (AvgIpc) is 2.18. The molecule has 0 aliphatic heterocycles. The maximum atomic E-state index is 11.5. The molecule has 0 aliphatic rings. The molecular weight excluding hydrogens is 192 g/mol. The fraction of sp³-hybridized carbons (Fsp3) is 0.333. The first-order valence-electron chi connectivity index (χ1n) is 4.95. The van der Waals surface area contributed by atoms with Crippen LogP contribution in [0, 0.1) is 6.92 Å². The van der Waals surface area contributed by atoms with Crippen molar-refractivity contribution in [2.45, 2.75) is 13.8 Å². The summed E-state index contributed by atoms with van der Waals surface area (Å²) in [4.78, 5) is 11.5. The van der Waals surface area contributed by atoms with Crippen LogP contribution in [0.4, 0.5) is 0 Å². The molecule has 0 saturated carbocycles. The molecule has 0 spiro atoms. The molecule has 0 atom stereocenters. The van der Waals surface area contributed by atoms with Gasteiger partial charge in [-0.2, -0.15) is 0 Å². The van der Waals surface area contributed by atoms with E-state index in [-0.39, 0.29) is 5.97 Å². The lowest BCUT2D eigenvalue weighted by Crippen LogP contribution is -2.07. The lowest BCUT2D eigenvalue weighted by atomic mass is 10.1. The van der Waals surface area contributed by atoms with Crippen LogP contribution in [0.25, 0.3) is 0 Å². The van der Waals surface area contributed by atoms with Gasteiger partial charge in [0.15, 0.2) is 0 Å². The number of benzene rings is 1. The molecule has 0 N–H and O–H groups in total. The van der Waals surface area contributed by atoms with Gasteiger partial charge in [0.25, 0.3) is 0 Å². The first kappa shape index (κ1) is 11.6. The van der Waals surface area contributed by atoms with Crippen molar-refractivity contribution in [3.63, 3.8) is 0 Å². The quantitative estimate of drug-likeness (QED) is 0.711. The molecule has 0 amide bonds.